The highest BCUT2D eigenvalue weighted by Gasteiger charge is 2.01. The molecule has 0 atom stereocenters. The summed E-state index contributed by atoms with van der Waals surface area (Å²) in [4.78, 5) is 0. The summed E-state index contributed by atoms with van der Waals surface area (Å²) < 4.78 is 18.9. The van der Waals surface area contributed by atoms with Crippen LogP contribution in [-0.2, 0) is 0 Å². The summed E-state index contributed by atoms with van der Waals surface area (Å²) in [5, 5.41) is 3.34. The highest BCUT2D eigenvalue weighted by Crippen LogP contribution is 2.18. The lowest BCUT2D eigenvalue weighted by molar-refractivity contribution is 0.332. The summed E-state index contributed by atoms with van der Waals surface area (Å²) in [6, 6.07) is 14.0. The second-order valence-electron chi connectivity index (χ2n) is 3.71. The molecular weight excluding hydrogens is 253 g/mol. The van der Waals surface area contributed by atoms with Gasteiger partial charge >= 0.3 is 0 Å². The van der Waals surface area contributed by atoms with E-state index in [-0.39, 0.29) is 5.82 Å². The Morgan fingerprint density at radius 1 is 1.11 bits per heavy atom. The minimum Gasteiger partial charge on any atom is -0.492 e. The molecule has 1 N–H and O–H groups in total. The lowest BCUT2D eigenvalue weighted by Crippen LogP contribution is -2.12. The van der Waals surface area contributed by atoms with E-state index in [1.54, 1.807) is 12.1 Å². The average molecular weight is 266 g/mol. The summed E-state index contributed by atoms with van der Waals surface area (Å²) in [5.74, 6) is 0.443. The number of hydrogen-bond donors (Lipinski definition) is 1. The van der Waals surface area contributed by atoms with Gasteiger partial charge in [0.15, 0.2) is 0 Å². The van der Waals surface area contributed by atoms with Crippen LogP contribution in [0.15, 0.2) is 48.5 Å². The van der Waals surface area contributed by atoms with Crippen molar-refractivity contribution in [3.63, 3.8) is 0 Å². The van der Waals surface area contributed by atoms with Crippen LogP contribution < -0.4 is 10.1 Å². The molecule has 0 spiro atoms. The normalized spacial score (nSPS) is 10.1. The summed E-state index contributed by atoms with van der Waals surface area (Å²) in [6.07, 6.45) is 0. The summed E-state index contributed by atoms with van der Waals surface area (Å²) in [5.41, 5.74) is 0.427. The molecule has 18 heavy (non-hydrogen) atoms. The molecule has 0 saturated carbocycles. The molecule has 0 fully saturated rings. The van der Waals surface area contributed by atoms with Crippen molar-refractivity contribution in [2.75, 3.05) is 18.5 Å². The predicted molar refractivity (Wildman–Crippen MR) is 71.8 cm³/mol. The van der Waals surface area contributed by atoms with Gasteiger partial charge in [-0.1, -0.05) is 29.8 Å². The van der Waals surface area contributed by atoms with Gasteiger partial charge in [0.25, 0.3) is 0 Å². The molecule has 0 unspecified atom stereocenters. The Hall–Kier alpha value is -1.74. The molecule has 2 aromatic rings. The van der Waals surface area contributed by atoms with E-state index in [2.05, 4.69) is 5.32 Å². The van der Waals surface area contributed by atoms with E-state index in [1.807, 2.05) is 30.3 Å². The molecule has 0 heterocycles. The first kappa shape index (κ1) is 12.7. The summed E-state index contributed by atoms with van der Waals surface area (Å²) in [7, 11) is 0. The molecule has 2 aromatic carbocycles. The maximum Gasteiger partial charge on any atom is 0.147 e. The van der Waals surface area contributed by atoms with Crippen LogP contribution in [0, 0.1) is 5.82 Å². The van der Waals surface area contributed by atoms with Crippen LogP contribution in [0.1, 0.15) is 0 Å². The number of rotatable bonds is 5. The van der Waals surface area contributed by atoms with E-state index in [9.17, 15) is 4.39 Å². The Kier molecular flexibility index (Phi) is 4.42. The Morgan fingerprint density at radius 3 is 2.61 bits per heavy atom. The highest BCUT2D eigenvalue weighted by molar-refractivity contribution is 6.30. The van der Waals surface area contributed by atoms with E-state index in [4.69, 9.17) is 16.3 Å². The predicted octanol–water partition coefficient (Wildman–Crippen LogP) is 3.97. The van der Waals surface area contributed by atoms with Crippen molar-refractivity contribution < 1.29 is 9.13 Å². The zero-order valence-electron chi connectivity index (χ0n) is 9.70. The average Bonchev–Trinajstić information content (AvgIpc) is 2.38. The lowest BCUT2D eigenvalue weighted by atomic mass is 10.3. The second-order valence-corrected chi connectivity index (χ2v) is 4.15. The van der Waals surface area contributed by atoms with Crippen molar-refractivity contribution in [3.8, 4) is 5.75 Å². The van der Waals surface area contributed by atoms with Gasteiger partial charge < -0.3 is 10.1 Å². The molecule has 0 saturated heterocycles. The van der Waals surface area contributed by atoms with Crippen LogP contribution in [0.4, 0.5) is 10.1 Å². The Balaban J connectivity index is 1.79. The summed E-state index contributed by atoms with van der Waals surface area (Å²) >= 11 is 5.67. The van der Waals surface area contributed by atoms with E-state index in [0.717, 1.165) is 5.75 Å². The van der Waals surface area contributed by atoms with Gasteiger partial charge in [-0.25, -0.2) is 4.39 Å². The Bertz CT molecular complexity index is 504. The van der Waals surface area contributed by atoms with Crippen LogP contribution in [0.3, 0.4) is 0 Å². The highest BCUT2D eigenvalue weighted by atomic mass is 35.5. The standard InChI is InChI=1S/C14H13ClFNO/c15-11-6-7-14(13(16)10-11)17-8-9-18-12-4-2-1-3-5-12/h1-7,10,17H,8-9H2. The molecule has 4 heteroatoms. The number of nitrogens with one attached hydrogen (secondary N) is 1. The van der Waals surface area contributed by atoms with E-state index in [1.165, 1.54) is 6.07 Å². The molecular formula is C14H13ClFNO. The topological polar surface area (TPSA) is 21.3 Å². The third-order valence-corrected chi connectivity index (χ3v) is 2.60. The third kappa shape index (κ3) is 3.64. The Morgan fingerprint density at radius 2 is 1.89 bits per heavy atom. The van der Waals surface area contributed by atoms with Crippen LogP contribution >= 0.6 is 11.6 Å². The van der Waals surface area contributed by atoms with Crippen molar-refractivity contribution in [1.29, 1.82) is 0 Å². The summed E-state index contributed by atoms with van der Waals surface area (Å²) in [6.45, 7) is 0.986. The van der Waals surface area contributed by atoms with Gasteiger partial charge in [-0.15, -0.1) is 0 Å². The molecule has 0 bridgehead atoms. The van der Waals surface area contributed by atoms with Crippen molar-refractivity contribution >= 4 is 17.3 Å². The zero-order chi connectivity index (χ0) is 12.8. The first-order chi connectivity index (χ1) is 8.75. The van der Waals surface area contributed by atoms with Crippen LogP contribution in [0.25, 0.3) is 0 Å². The van der Waals surface area contributed by atoms with Gasteiger partial charge in [0, 0.05) is 11.6 Å². The molecule has 0 aliphatic heterocycles. The smallest absolute Gasteiger partial charge is 0.147 e. The van der Waals surface area contributed by atoms with Gasteiger partial charge in [-0.05, 0) is 30.3 Å². The maximum atomic E-state index is 13.4. The van der Waals surface area contributed by atoms with Crippen molar-refractivity contribution in [2.45, 2.75) is 0 Å². The fraction of sp³-hybridized carbons (Fsp3) is 0.143. The number of halogens is 2. The number of benzene rings is 2. The second kappa shape index (κ2) is 6.26. The van der Waals surface area contributed by atoms with Gasteiger partial charge in [0.2, 0.25) is 0 Å². The van der Waals surface area contributed by atoms with Crippen LogP contribution in [0.5, 0.6) is 5.75 Å². The van der Waals surface area contributed by atoms with Crippen molar-refractivity contribution in [2.24, 2.45) is 0 Å². The monoisotopic (exact) mass is 265 g/mol. The van der Waals surface area contributed by atoms with Gasteiger partial charge in [-0.2, -0.15) is 0 Å². The van der Waals surface area contributed by atoms with E-state index in [0.29, 0.717) is 23.9 Å². The molecule has 0 amide bonds. The molecule has 94 valence electrons. The number of hydrogen-bond acceptors (Lipinski definition) is 2. The molecule has 2 nitrogen and oxygen atoms in total. The first-order valence-corrected chi connectivity index (χ1v) is 6.00. The van der Waals surface area contributed by atoms with Crippen LogP contribution in [-0.4, -0.2) is 13.2 Å². The molecule has 0 aliphatic carbocycles. The molecule has 2 rings (SSSR count). The molecule has 0 aromatic heterocycles. The first-order valence-electron chi connectivity index (χ1n) is 5.62. The van der Waals surface area contributed by atoms with Gasteiger partial charge in [0.1, 0.15) is 18.2 Å². The number of anilines is 1. The zero-order valence-corrected chi connectivity index (χ0v) is 10.5. The third-order valence-electron chi connectivity index (χ3n) is 2.36. The fourth-order valence-electron chi connectivity index (χ4n) is 1.50. The van der Waals surface area contributed by atoms with Crippen molar-refractivity contribution in [1.82, 2.24) is 0 Å². The largest absolute Gasteiger partial charge is 0.492 e. The lowest BCUT2D eigenvalue weighted by Gasteiger charge is -2.09. The number of para-hydroxylation sites is 1. The quantitative estimate of drug-likeness (QED) is 0.826. The maximum absolute atomic E-state index is 13.4. The minimum atomic E-state index is -0.359. The van der Waals surface area contributed by atoms with Gasteiger partial charge in [0.05, 0.1) is 5.69 Å². The molecule has 0 radical (unpaired) electrons. The van der Waals surface area contributed by atoms with Crippen LogP contribution in [0.2, 0.25) is 5.02 Å². The van der Waals surface area contributed by atoms with Gasteiger partial charge in [-0.3, -0.25) is 0 Å². The van der Waals surface area contributed by atoms with Crippen molar-refractivity contribution in [3.05, 3.63) is 59.4 Å². The Labute approximate surface area is 110 Å². The SMILES string of the molecule is Fc1cc(Cl)ccc1NCCOc1ccccc1. The minimum absolute atomic E-state index is 0.359. The molecule has 0 aliphatic rings. The van der Waals surface area contributed by atoms with E-state index >= 15 is 0 Å². The fourth-order valence-corrected chi connectivity index (χ4v) is 1.66. The number of ether oxygens (including phenoxy) is 1. The van der Waals surface area contributed by atoms with E-state index < -0.39 is 0 Å².